The highest BCUT2D eigenvalue weighted by Gasteiger charge is 2.34. The molecular weight excluding hydrogens is 231 g/mol. The summed E-state index contributed by atoms with van der Waals surface area (Å²) in [6.07, 6.45) is -4.38. The highest BCUT2D eigenvalue weighted by atomic mass is 35.5. The van der Waals surface area contributed by atoms with Crippen molar-refractivity contribution >= 4 is 17.5 Å². The van der Waals surface area contributed by atoms with Crippen molar-refractivity contribution in [3.63, 3.8) is 0 Å². The molecule has 0 aromatic carbocycles. The second-order valence-corrected chi connectivity index (χ2v) is 4.50. The van der Waals surface area contributed by atoms with Gasteiger partial charge in [0.2, 0.25) is 5.91 Å². The second kappa shape index (κ2) is 5.58. The Hall–Kier alpha value is -0.450. The zero-order valence-corrected chi connectivity index (χ0v) is 9.69. The van der Waals surface area contributed by atoms with Gasteiger partial charge in [0.05, 0.1) is 0 Å². The lowest BCUT2D eigenvalue weighted by Crippen LogP contribution is -2.43. The van der Waals surface area contributed by atoms with Gasteiger partial charge in [-0.1, -0.05) is 13.8 Å². The molecule has 0 radical (unpaired) electrons. The summed E-state index contributed by atoms with van der Waals surface area (Å²) in [7, 11) is 0. The fourth-order valence-electron chi connectivity index (χ4n) is 1.14. The summed E-state index contributed by atoms with van der Waals surface area (Å²) in [6, 6.07) is 0. The van der Waals surface area contributed by atoms with Crippen molar-refractivity contribution in [1.29, 1.82) is 0 Å². The van der Waals surface area contributed by atoms with E-state index in [1.165, 1.54) is 6.92 Å². The highest BCUT2D eigenvalue weighted by Crippen LogP contribution is 2.18. The van der Waals surface area contributed by atoms with Gasteiger partial charge in [0.25, 0.3) is 0 Å². The molecule has 1 atom stereocenters. The van der Waals surface area contributed by atoms with Gasteiger partial charge in [0, 0.05) is 6.54 Å². The maximum Gasteiger partial charge on any atom is 0.406 e. The lowest BCUT2D eigenvalue weighted by Gasteiger charge is -2.26. The van der Waals surface area contributed by atoms with Crippen LogP contribution in [-0.2, 0) is 4.79 Å². The summed E-state index contributed by atoms with van der Waals surface area (Å²) < 4.78 is 36.4. The number of hydrogen-bond donors (Lipinski definition) is 0. The standard InChI is InChI=1S/C9H15ClF3NO/c1-6(2)4-14(5-9(11,12)13)8(15)7(3)10/h6-7H,4-5H2,1-3H3. The maximum absolute atomic E-state index is 12.1. The quantitative estimate of drug-likeness (QED) is 0.698. The van der Waals surface area contributed by atoms with E-state index >= 15 is 0 Å². The van der Waals surface area contributed by atoms with Crippen LogP contribution in [0.15, 0.2) is 0 Å². The van der Waals surface area contributed by atoms with Gasteiger partial charge < -0.3 is 4.90 Å². The molecule has 0 rings (SSSR count). The topological polar surface area (TPSA) is 20.3 Å². The number of hydrogen-bond acceptors (Lipinski definition) is 1. The van der Waals surface area contributed by atoms with Crippen molar-refractivity contribution in [2.75, 3.05) is 13.1 Å². The van der Waals surface area contributed by atoms with Gasteiger partial charge >= 0.3 is 6.18 Å². The maximum atomic E-state index is 12.1. The predicted octanol–water partition coefficient (Wildman–Crippen LogP) is 2.66. The lowest BCUT2D eigenvalue weighted by atomic mass is 10.2. The summed E-state index contributed by atoms with van der Waals surface area (Å²) in [6.45, 7) is 3.69. The van der Waals surface area contributed by atoms with Crippen LogP contribution in [0.4, 0.5) is 13.2 Å². The third-order valence-electron chi connectivity index (χ3n) is 1.61. The van der Waals surface area contributed by atoms with Crippen molar-refractivity contribution in [1.82, 2.24) is 4.90 Å². The van der Waals surface area contributed by atoms with E-state index in [-0.39, 0.29) is 12.5 Å². The van der Waals surface area contributed by atoms with Crippen molar-refractivity contribution in [3.8, 4) is 0 Å². The predicted molar refractivity (Wildman–Crippen MR) is 52.8 cm³/mol. The molecule has 90 valence electrons. The molecule has 1 unspecified atom stereocenters. The van der Waals surface area contributed by atoms with Crippen molar-refractivity contribution in [2.24, 2.45) is 5.92 Å². The molecule has 0 aromatic heterocycles. The van der Waals surface area contributed by atoms with Crippen LogP contribution in [-0.4, -0.2) is 35.4 Å². The van der Waals surface area contributed by atoms with E-state index < -0.39 is 24.0 Å². The van der Waals surface area contributed by atoms with Crippen LogP contribution in [0.2, 0.25) is 0 Å². The van der Waals surface area contributed by atoms with Gasteiger partial charge in [-0.2, -0.15) is 13.2 Å². The number of nitrogens with zero attached hydrogens (tertiary/aromatic N) is 1. The van der Waals surface area contributed by atoms with Crippen LogP contribution in [0.5, 0.6) is 0 Å². The van der Waals surface area contributed by atoms with E-state index in [0.717, 1.165) is 4.90 Å². The summed E-state index contributed by atoms with van der Waals surface area (Å²) >= 11 is 5.48. The second-order valence-electron chi connectivity index (χ2n) is 3.84. The molecule has 0 aliphatic rings. The molecule has 0 aliphatic carbocycles. The largest absolute Gasteiger partial charge is 0.406 e. The van der Waals surface area contributed by atoms with E-state index in [1.54, 1.807) is 13.8 Å². The summed E-state index contributed by atoms with van der Waals surface area (Å²) in [5.74, 6) is -0.700. The molecule has 0 bridgehead atoms. The molecule has 0 fully saturated rings. The smallest absolute Gasteiger partial charge is 0.332 e. The zero-order chi connectivity index (χ0) is 12.2. The first-order valence-corrected chi connectivity index (χ1v) is 5.06. The summed E-state index contributed by atoms with van der Waals surface area (Å²) in [4.78, 5) is 12.1. The van der Waals surface area contributed by atoms with Crippen LogP contribution in [0.25, 0.3) is 0 Å². The number of alkyl halides is 4. The van der Waals surface area contributed by atoms with Gasteiger partial charge in [-0.3, -0.25) is 4.79 Å². The molecule has 2 nitrogen and oxygen atoms in total. The van der Waals surface area contributed by atoms with Crippen molar-refractivity contribution in [2.45, 2.75) is 32.3 Å². The average Bonchev–Trinajstić information content (AvgIpc) is 1.97. The number of rotatable bonds is 4. The molecule has 0 saturated heterocycles. The molecule has 0 aromatic rings. The molecule has 0 heterocycles. The van der Waals surface area contributed by atoms with Crippen LogP contribution >= 0.6 is 11.6 Å². The third-order valence-corrected chi connectivity index (χ3v) is 1.79. The average molecular weight is 246 g/mol. The minimum absolute atomic E-state index is 0.0216. The van der Waals surface area contributed by atoms with E-state index in [2.05, 4.69) is 0 Å². The van der Waals surface area contributed by atoms with E-state index in [4.69, 9.17) is 11.6 Å². The van der Waals surface area contributed by atoms with Gasteiger partial charge in [0.1, 0.15) is 11.9 Å². The Morgan fingerprint density at radius 1 is 1.33 bits per heavy atom. The fraction of sp³-hybridized carbons (Fsp3) is 0.889. The lowest BCUT2D eigenvalue weighted by molar-refractivity contribution is -0.161. The van der Waals surface area contributed by atoms with E-state index in [9.17, 15) is 18.0 Å². The fourth-order valence-corrected chi connectivity index (χ4v) is 1.28. The Kier molecular flexibility index (Phi) is 5.42. The normalized spacial score (nSPS) is 14.1. The molecule has 0 saturated carbocycles. The highest BCUT2D eigenvalue weighted by molar-refractivity contribution is 6.30. The van der Waals surface area contributed by atoms with Gasteiger partial charge in [-0.05, 0) is 12.8 Å². The van der Waals surface area contributed by atoms with E-state index in [1.807, 2.05) is 0 Å². The van der Waals surface area contributed by atoms with Crippen LogP contribution in [0.3, 0.4) is 0 Å². The first-order chi connectivity index (χ1) is 6.63. The van der Waals surface area contributed by atoms with E-state index in [0.29, 0.717) is 0 Å². The Balaban J connectivity index is 4.52. The van der Waals surface area contributed by atoms with Crippen molar-refractivity contribution < 1.29 is 18.0 Å². The number of halogens is 4. The molecule has 6 heteroatoms. The monoisotopic (exact) mass is 245 g/mol. The number of carbonyl (C=O) groups excluding carboxylic acids is 1. The third kappa shape index (κ3) is 6.60. The Morgan fingerprint density at radius 3 is 2.07 bits per heavy atom. The van der Waals surface area contributed by atoms with Gasteiger partial charge in [0.15, 0.2) is 0 Å². The molecule has 1 amide bonds. The molecular formula is C9H15ClF3NO. The van der Waals surface area contributed by atoms with Gasteiger partial charge in [-0.25, -0.2) is 0 Å². The Bertz CT molecular complexity index is 216. The van der Waals surface area contributed by atoms with Gasteiger partial charge in [-0.15, -0.1) is 11.6 Å². The first-order valence-electron chi connectivity index (χ1n) is 4.63. The molecule has 15 heavy (non-hydrogen) atoms. The zero-order valence-electron chi connectivity index (χ0n) is 8.94. The SMILES string of the molecule is CC(C)CN(CC(F)(F)F)C(=O)C(C)Cl. The van der Waals surface area contributed by atoms with Crippen molar-refractivity contribution in [3.05, 3.63) is 0 Å². The Morgan fingerprint density at radius 2 is 1.80 bits per heavy atom. The number of amides is 1. The summed E-state index contributed by atoms with van der Waals surface area (Å²) in [5, 5.41) is -0.925. The van der Waals surface area contributed by atoms with Crippen LogP contribution in [0, 0.1) is 5.92 Å². The minimum Gasteiger partial charge on any atom is -0.332 e. The summed E-state index contributed by atoms with van der Waals surface area (Å²) in [5.41, 5.74) is 0. The molecule has 0 spiro atoms. The Labute approximate surface area is 92.4 Å². The van der Waals surface area contributed by atoms with Crippen LogP contribution < -0.4 is 0 Å². The first kappa shape index (κ1) is 14.6. The molecule has 0 N–H and O–H groups in total. The minimum atomic E-state index is -4.38. The number of carbonyl (C=O) groups is 1. The van der Waals surface area contributed by atoms with Crippen LogP contribution in [0.1, 0.15) is 20.8 Å². The molecule has 0 aliphatic heterocycles.